The summed E-state index contributed by atoms with van der Waals surface area (Å²) in [5.41, 5.74) is 13.9. The van der Waals surface area contributed by atoms with E-state index in [1.54, 1.807) is 0 Å². The fourth-order valence-corrected chi connectivity index (χ4v) is 10.3. The van der Waals surface area contributed by atoms with Gasteiger partial charge in [0.25, 0.3) is 0 Å². The average Bonchev–Trinajstić information content (AvgIpc) is 3.38. The van der Waals surface area contributed by atoms with Crippen LogP contribution in [0.2, 0.25) is 0 Å². The second kappa shape index (κ2) is 23.1. The van der Waals surface area contributed by atoms with E-state index in [-0.39, 0.29) is 12.0 Å². The Kier molecular flexibility index (Phi) is 16.1. The van der Waals surface area contributed by atoms with E-state index >= 15 is 0 Å². The maximum absolute atomic E-state index is 4.32. The third-order valence-corrected chi connectivity index (χ3v) is 13.8. The van der Waals surface area contributed by atoms with Crippen molar-refractivity contribution in [3.8, 4) is 0 Å². The van der Waals surface area contributed by atoms with Crippen LogP contribution < -0.4 is 14.7 Å². The monoisotopic (exact) mass is 895 g/mol. The molecule has 5 atom stereocenters. The van der Waals surface area contributed by atoms with Crippen LogP contribution in [0.1, 0.15) is 72.6 Å². The van der Waals surface area contributed by atoms with Gasteiger partial charge in [0.05, 0.1) is 12.1 Å². The quantitative estimate of drug-likeness (QED) is 0.0932. The molecule has 4 heteroatoms. The van der Waals surface area contributed by atoms with Crippen molar-refractivity contribution >= 4 is 17.1 Å². The van der Waals surface area contributed by atoms with Gasteiger partial charge < -0.3 is 19.6 Å². The van der Waals surface area contributed by atoms with Crippen molar-refractivity contribution < 1.29 is 0 Å². The first-order valence-electron chi connectivity index (χ1n) is 24.8. The predicted octanol–water partition coefficient (Wildman–Crippen LogP) is 16.5. The van der Waals surface area contributed by atoms with Gasteiger partial charge in [-0.05, 0) is 136 Å². The van der Waals surface area contributed by atoms with Crippen LogP contribution in [0.3, 0.4) is 0 Å². The highest BCUT2D eigenvalue weighted by Crippen LogP contribution is 2.41. The minimum Gasteiger partial charge on any atom is -0.338 e. The molecule has 5 unspecified atom stereocenters. The van der Waals surface area contributed by atoms with E-state index in [2.05, 4.69) is 267 Å². The molecule has 8 rings (SSSR count). The van der Waals surface area contributed by atoms with Crippen LogP contribution in [0.25, 0.3) is 0 Å². The highest BCUT2D eigenvalue weighted by Gasteiger charge is 2.32. The second-order valence-corrected chi connectivity index (χ2v) is 18.6. The van der Waals surface area contributed by atoms with Crippen molar-refractivity contribution in [2.24, 2.45) is 17.8 Å². The Hall–Kier alpha value is -7.04. The molecule has 0 heterocycles. The van der Waals surface area contributed by atoms with E-state index in [1.807, 2.05) is 6.08 Å². The van der Waals surface area contributed by atoms with Gasteiger partial charge in [-0.2, -0.15) is 0 Å². The van der Waals surface area contributed by atoms with Crippen LogP contribution in [0.4, 0.5) is 17.1 Å². The van der Waals surface area contributed by atoms with Crippen LogP contribution in [0.5, 0.6) is 0 Å². The fourth-order valence-electron chi connectivity index (χ4n) is 10.3. The third kappa shape index (κ3) is 11.2. The van der Waals surface area contributed by atoms with Crippen molar-refractivity contribution in [2.75, 3.05) is 14.7 Å². The minimum atomic E-state index is 0.0832. The Labute approximate surface area is 408 Å². The summed E-state index contributed by atoms with van der Waals surface area (Å²) in [4.78, 5) is 9.93. The smallest absolute Gasteiger partial charge is 0.0556 e. The Morgan fingerprint density at radius 2 is 1.16 bits per heavy atom. The van der Waals surface area contributed by atoms with Gasteiger partial charge >= 0.3 is 0 Å². The summed E-state index contributed by atoms with van der Waals surface area (Å²) in [6, 6.07) is 33.0. The average molecular weight is 895 g/mol. The lowest BCUT2D eigenvalue weighted by Crippen LogP contribution is -2.37. The van der Waals surface area contributed by atoms with Gasteiger partial charge in [-0.1, -0.05) is 160 Å². The number of nitrogens with zero attached hydrogens (tertiary/aromatic N) is 4. The summed E-state index contributed by atoms with van der Waals surface area (Å²) in [7, 11) is 0. The van der Waals surface area contributed by atoms with Gasteiger partial charge in [0.1, 0.15) is 0 Å². The van der Waals surface area contributed by atoms with Crippen molar-refractivity contribution in [3.05, 3.63) is 271 Å². The van der Waals surface area contributed by atoms with Crippen molar-refractivity contribution in [2.45, 2.75) is 84.7 Å². The van der Waals surface area contributed by atoms with Crippen molar-refractivity contribution in [1.82, 2.24) is 4.90 Å². The minimum absolute atomic E-state index is 0.0832. The van der Waals surface area contributed by atoms with Gasteiger partial charge in [-0.3, -0.25) is 0 Å². The molecule has 346 valence electrons. The van der Waals surface area contributed by atoms with E-state index in [0.717, 1.165) is 61.9 Å². The molecule has 0 aliphatic heterocycles. The summed E-state index contributed by atoms with van der Waals surface area (Å²) < 4.78 is 0. The van der Waals surface area contributed by atoms with Gasteiger partial charge in [0, 0.05) is 75.7 Å². The molecule has 0 fully saturated rings. The number of benzene rings is 3. The van der Waals surface area contributed by atoms with Crippen molar-refractivity contribution in [1.29, 1.82) is 0 Å². The molecule has 0 bridgehead atoms. The number of hydrogen-bond acceptors (Lipinski definition) is 4. The first-order chi connectivity index (χ1) is 33.3. The topological polar surface area (TPSA) is 13.0 Å². The first-order valence-corrected chi connectivity index (χ1v) is 24.8. The van der Waals surface area contributed by atoms with Gasteiger partial charge in [-0.15, -0.1) is 6.58 Å². The fraction of sp³-hybridized carbons (Fsp3) is 0.250. The van der Waals surface area contributed by atoms with E-state index in [0.29, 0.717) is 17.9 Å². The molecule has 0 spiro atoms. The molecule has 5 aliphatic carbocycles. The van der Waals surface area contributed by atoms with Crippen LogP contribution in [0, 0.1) is 17.8 Å². The number of allylic oxidation sites excluding steroid dienone is 21. The lowest BCUT2D eigenvalue weighted by Gasteiger charge is -2.41. The number of hydrogen-bond donors (Lipinski definition) is 0. The number of anilines is 3. The maximum Gasteiger partial charge on any atom is 0.0556 e. The zero-order chi connectivity index (χ0) is 47.2. The number of para-hydroxylation sites is 3. The molecule has 0 saturated heterocycles. The highest BCUT2D eigenvalue weighted by molar-refractivity contribution is 5.62. The van der Waals surface area contributed by atoms with Crippen LogP contribution in [-0.4, -0.2) is 17.0 Å². The van der Waals surface area contributed by atoms with E-state index in [1.165, 1.54) is 45.3 Å². The Morgan fingerprint density at radius 1 is 0.632 bits per heavy atom. The SMILES string of the molecule is C=CC(=CC=CN(C1=C(C)C=C(N(c2ccccc2)C2C=CC=CC2)C(C)C1)c1ccccc1)C(C=C)CC=CN(C1=C(C)C=C(N(C2=CCCC=C2)C2C=CC=CC2)C(C)C1)c1ccccc1. The molecule has 0 amide bonds. The largest absolute Gasteiger partial charge is 0.338 e. The first kappa shape index (κ1) is 47.5. The molecule has 3 aromatic rings. The van der Waals surface area contributed by atoms with Gasteiger partial charge in [-0.25, -0.2) is 0 Å². The summed E-state index contributed by atoms with van der Waals surface area (Å²) in [5, 5.41) is 0. The molecular weight excluding hydrogens is 825 g/mol. The molecule has 5 aliphatic rings. The number of rotatable bonds is 18. The standard InChI is InChI=1S/C64H70N4/c1-7-53(29-27-43-65(55-31-15-9-16-32-55)61-45-51(5)63(47-49(61)3)67(57-35-19-11-20-36-57)58-37-21-12-22-38-58)54(8-2)30-28-44-66(56-33-17-10-18-34-56)62-46-52(6)64(48-50(62)4)68(59-39-23-13-24-40-59)60-41-25-14-26-42-60/h7-13,15-25,27-29,31-37,39,41-44,47-48,51-52,54,58-59H,1-2,14,26,30,38,40,45-46H2,3-6H3. The zero-order valence-corrected chi connectivity index (χ0v) is 40.7. The van der Waals surface area contributed by atoms with Crippen LogP contribution in [0.15, 0.2) is 271 Å². The van der Waals surface area contributed by atoms with Gasteiger partial charge in [0.15, 0.2) is 0 Å². The molecule has 0 aromatic heterocycles. The molecular formula is C64H70N4. The Morgan fingerprint density at radius 3 is 1.66 bits per heavy atom. The summed E-state index contributed by atoms with van der Waals surface area (Å²) in [5.74, 6) is 0.717. The molecule has 3 aromatic carbocycles. The van der Waals surface area contributed by atoms with E-state index in [4.69, 9.17) is 0 Å². The molecule has 68 heavy (non-hydrogen) atoms. The van der Waals surface area contributed by atoms with Crippen LogP contribution in [-0.2, 0) is 0 Å². The Bertz CT molecular complexity index is 2660. The summed E-state index contributed by atoms with van der Waals surface area (Å²) in [6.45, 7) is 17.9. The molecule has 0 N–H and O–H groups in total. The lowest BCUT2D eigenvalue weighted by molar-refractivity contribution is 0.324. The summed E-state index contributed by atoms with van der Waals surface area (Å²) in [6.07, 6.45) is 52.0. The molecule has 0 radical (unpaired) electrons. The third-order valence-electron chi connectivity index (χ3n) is 13.8. The van der Waals surface area contributed by atoms with E-state index < -0.39 is 0 Å². The second-order valence-electron chi connectivity index (χ2n) is 18.6. The molecule has 0 saturated carbocycles. The zero-order valence-electron chi connectivity index (χ0n) is 40.7. The predicted molar refractivity (Wildman–Crippen MR) is 292 cm³/mol. The summed E-state index contributed by atoms with van der Waals surface area (Å²) >= 11 is 0. The molecule has 4 nitrogen and oxygen atoms in total. The maximum atomic E-state index is 4.32. The Balaban J connectivity index is 1.05. The normalized spacial score (nSPS) is 22.0. The van der Waals surface area contributed by atoms with E-state index in [9.17, 15) is 0 Å². The van der Waals surface area contributed by atoms with Gasteiger partial charge in [0.2, 0.25) is 0 Å². The van der Waals surface area contributed by atoms with Crippen molar-refractivity contribution in [3.63, 3.8) is 0 Å². The highest BCUT2D eigenvalue weighted by atomic mass is 15.2. The van der Waals surface area contributed by atoms with Crippen LogP contribution >= 0.6 is 0 Å². The lowest BCUT2D eigenvalue weighted by atomic mass is 9.88.